The van der Waals surface area contributed by atoms with Crippen molar-refractivity contribution in [1.82, 2.24) is 20.2 Å². The van der Waals surface area contributed by atoms with Crippen LogP contribution in [0.15, 0.2) is 18.5 Å². The molecule has 1 aliphatic carbocycles. The summed E-state index contributed by atoms with van der Waals surface area (Å²) in [6, 6.07) is 1.29. The molecule has 1 aromatic rings. The highest BCUT2D eigenvalue weighted by Gasteiger charge is 2.48. The lowest BCUT2D eigenvalue weighted by molar-refractivity contribution is -0.168. The van der Waals surface area contributed by atoms with Crippen LogP contribution in [0.1, 0.15) is 57.8 Å². The molecule has 3 aliphatic heterocycles. The first-order chi connectivity index (χ1) is 17.0. The van der Waals surface area contributed by atoms with Crippen molar-refractivity contribution in [2.75, 3.05) is 37.7 Å². The highest BCUT2D eigenvalue weighted by molar-refractivity contribution is 5.86. The minimum atomic E-state index is -1.26. The predicted octanol–water partition coefficient (Wildman–Crippen LogP) is 1.03. The van der Waals surface area contributed by atoms with Crippen LogP contribution >= 0.6 is 0 Å². The van der Waals surface area contributed by atoms with E-state index >= 15 is 0 Å². The lowest BCUT2D eigenvalue weighted by Crippen LogP contribution is -2.64. The Morgan fingerprint density at radius 2 is 1.86 bits per heavy atom. The normalized spacial score (nSPS) is 29.0. The number of piperidine rings is 2. The van der Waals surface area contributed by atoms with E-state index in [1.165, 1.54) is 0 Å². The fourth-order valence-electron chi connectivity index (χ4n) is 5.65. The number of hydrogen-bond acceptors (Lipinski definition) is 8. The van der Waals surface area contributed by atoms with E-state index in [0.29, 0.717) is 32.6 Å². The van der Waals surface area contributed by atoms with Gasteiger partial charge >= 0.3 is 0 Å². The number of likely N-dealkylation sites (tertiary alicyclic amines) is 1. The van der Waals surface area contributed by atoms with E-state index in [-0.39, 0.29) is 30.0 Å². The monoisotopic (exact) mass is 487 g/mol. The Kier molecular flexibility index (Phi) is 7.50. The van der Waals surface area contributed by atoms with Crippen molar-refractivity contribution in [2.45, 2.75) is 87.7 Å². The predicted molar refractivity (Wildman–Crippen MR) is 128 cm³/mol. The Morgan fingerprint density at radius 3 is 2.51 bits per heavy atom. The fourth-order valence-corrected chi connectivity index (χ4v) is 5.65. The second-order valence-electron chi connectivity index (χ2n) is 10.3. The molecule has 1 aromatic heterocycles. The van der Waals surface area contributed by atoms with Crippen molar-refractivity contribution in [2.24, 2.45) is 0 Å². The summed E-state index contributed by atoms with van der Waals surface area (Å²) in [6.45, 7) is 3.14. The van der Waals surface area contributed by atoms with Crippen molar-refractivity contribution in [3.8, 4) is 0 Å². The smallest absolute Gasteiger partial charge is 0.254 e. The third kappa shape index (κ3) is 5.44. The van der Waals surface area contributed by atoms with E-state index in [4.69, 9.17) is 9.47 Å². The van der Waals surface area contributed by atoms with Crippen LogP contribution in [-0.2, 0) is 19.1 Å². The molecule has 10 heteroatoms. The molecule has 10 nitrogen and oxygen atoms in total. The maximum Gasteiger partial charge on any atom is 0.254 e. The van der Waals surface area contributed by atoms with Gasteiger partial charge in [0.05, 0.1) is 24.8 Å². The minimum absolute atomic E-state index is 0.0650. The van der Waals surface area contributed by atoms with Crippen molar-refractivity contribution in [3.63, 3.8) is 0 Å². The Balaban J connectivity index is 1.22. The molecule has 4 aliphatic rings. The Bertz CT molecular complexity index is 868. The number of carbonyl (C=O) groups is 2. The van der Waals surface area contributed by atoms with Gasteiger partial charge in [-0.3, -0.25) is 9.59 Å². The molecule has 2 amide bonds. The number of aromatic nitrogens is 2. The standard InChI is InChI=1S/C25H37N5O5/c31-22(21-6-2-16-34-21)28-19-5-1-13-30(23(32)25(33)9-3-10-25)20(19)17-35-18-7-14-29(15-8-18)24-26-11-4-12-27-24/h4,11-12,18-21,33H,1-3,5-10,13-17H2,(H,28,31)/t19?,20?,21-/m0/s1. The number of ether oxygens (including phenoxy) is 2. The van der Waals surface area contributed by atoms with Crippen LogP contribution in [0.3, 0.4) is 0 Å². The third-order valence-electron chi connectivity index (χ3n) is 7.95. The molecule has 0 bridgehead atoms. The Labute approximate surface area is 206 Å². The van der Waals surface area contributed by atoms with E-state index in [2.05, 4.69) is 20.2 Å². The maximum atomic E-state index is 13.3. The van der Waals surface area contributed by atoms with Gasteiger partial charge in [0.15, 0.2) is 0 Å². The van der Waals surface area contributed by atoms with E-state index < -0.39 is 11.7 Å². The summed E-state index contributed by atoms with van der Waals surface area (Å²) >= 11 is 0. The summed E-state index contributed by atoms with van der Waals surface area (Å²) < 4.78 is 11.9. The molecule has 4 fully saturated rings. The average molecular weight is 488 g/mol. The van der Waals surface area contributed by atoms with Crippen LogP contribution in [0, 0.1) is 0 Å². The molecule has 3 atom stereocenters. The van der Waals surface area contributed by atoms with Crippen LogP contribution in [-0.4, -0.2) is 94.5 Å². The van der Waals surface area contributed by atoms with E-state index in [0.717, 1.165) is 64.0 Å². The summed E-state index contributed by atoms with van der Waals surface area (Å²) in [6.07, 6.45) is 9.88. The number of rotatable bonds is 7. The van der Waals surface area contributed by atoms with Crippen molar-refractivity contribution in [1.29, 1.82) is 0 Å². The van der Waals surface area contributed by atoms with Gasteiger partial charge in [0.1, 0.15) is 11.7 Å². The second-order valence-corrected chi connectivity index (χ2v) is 10.3. The Morgan fingerprint density at radius 1 is 1.09 bits per heavy atom. The van der Waals surface area contributed by atoms with Gasteiger partial charge in [-0.15, -0.1) is 0 Å². The lowest BCUT2D eigenvalue weighted by Gasteiger charge is -2.47. The average Bonchev–Trinajstić information content (AvgIpc) is 3.42. The molecule has 2 N–H and O–H groups in total. The molecule has 3 saturated heterocycles. The summed E-state index contributed by atoms with van der Waals surface area (Å²) in [5.41, 5.74) is -1.26. The SMILES string of the molecule is O=C(NC1CCCN(C(=O)C2(O)CCC2)C1COC1CCN(c2ncccn2)CC1)[C@@H]1CCCO1. The highest BCUT2D eigenvalue weighted by Crippen LogP contribution is 2.35. The molecule has 2 unspecified atom stereocenters. The zero-order chi connectivity index (χ0) is 24.3. The molecule has 0 aromatic carbocycles. The quantitative estimate of drug-likeness (QED) is 0.586. The highest BCUT2D eigenvalue weighted by atomic mass is 16.5. The van der Waals surface area contributed by atoms with Gasteiger partial charge in [0.25, 0.3) is 5.91 Å². The molecule has 4 heterocycles. The van der Waals surface area contributed by atoms with Crippen LogP contribution < -0.4 is 10.2 Å². The van der Waals surface area contributed by atoms with E-state index in [1.54, 1.807) is 17.3 Å². The topological polar surface area (TPSA) is 117 Å². The summed E-state index contributed by atoms with van der Waals surface area (Å²) in [4.78, 5) is 38.8. The first-order valence-corrected chi connectivity index (χ1v) is 13.1. The molecule has 1 saturated carbocycles. The van der Waals surface area contributed by atoms with Gasteiger partial charge in [-0.1, -0.05) is 0 Å². The third-order valence-corrected chi connectivity index (χ3v) is 7.95. The molecular weight excluding hydrogens is 450 g/mol. The number of aliphatic hydroxyl groups is 1. The fraction of sp³-hybridized carbons (Fsp3) is 0.760. The molecule has 192 valence electrons. The molecule has 0 radical (unpaired) electrons. The van der Waals surface area contributed by atoms with Gasteiger partial charge in [0, 0.05) is 38.6 Å². The number of amides is 2. The molecule has 0 spiro atoms. The van der Waals surface area contributed by atoms with Gasteiger partial charge in [-0.05, 0) is 63.9 Å². The zero-order valence-electron chi connectivity index (χ0n) is 20.3. The first-order valence-electron chi connectivity index (χ1n) is 13.1. The number of carbonyl (C=O) groups excluding carboxylic acids is 2. The van der Waals surface area contributed by atoms with Crippen LogP contribution in [0.2, 0.25) is 0 Å². The number of hydrogen-bond donors (Lipinski definition) is 2. The summed E-state index contributed by atoms with van der Waals surface area (Å²) in [7, 11) is 0. The van der Waals surface area contributed by atoms with Crippen molar-refractivity contribution < 1.29 is 24.2 Å². The molecule has 5 rings (SSSR count). The van der Waals surface area contributed by atoms with E-state index in [9.17, 15) is 14.7 Å². The number of nitrogens with zero attached hydrogens (tertiary/aromatic N) is 4. The van der Waals surface area contributed by atoms with E-state index in [1.807, 2.05) is 6.07 Å². The maximum absolute atomic E-state index is 13.3. The number of nitrogens with one attached hydrogen (secondary N) is 1. The van der Waals surface area contributed by atoms with Gasteiger partial charge in [0.2, 0.25) is 11.9 Å². The minimum Gasteiger partial charge on any atom is -0.380 e. The molecular formula is C25H37N5O5. The van der Waals surface area contributed by atoms with Crippen molar-refractivity contribution in [3.05, 3.63) is 18.5 Å². The zero-order valence-corrected chi connectivity index (χ0v) is 20.3. The van der Waals surface area contributed by atoms with Crippen LogP contribution in [0.5, 0.6) is 0 Å². The van der Waals surface area contributed by atoms with Crippen LogP contribution in [0.4, 0.5) is 5.95 Å². The largest absolute Gasteiger partial charge is 0.380 e. The lowest BCUT2D eigenvalue weighted by atomic mass is 9.78. The van der Waals surface area contributed by atoms with Gasteiger partial charge in [-0.25, -0.2) is 9.97 Å². The first kappa shape index (κ1) is 24.4. The summed E-state index contributed by atoms with van der Waals surface area (Å²) in [5.74, 6) is 0.412. The van der Waals surface area contributed by atoms with Gasteiger partial charge in [-0.2, -0.15) is 0 Å². The van der Waals surface area contributed by atoms with Gasteiger partial charge < -0.3 is 29.7 Å². The summed E-state index contributed by atoms with van der Waals surface area (Å²) in [5, 5.41) is 13.9. The van der Waals surface area contributed by atoms with Crippen LogP contribution in [0.25, 0.3) is 0 Å². The molecule has 35 heavy (non-hydrogen) atoms. The number of anilines is 1. The Hall–Kier alpha value is -2.30. The second kappa shape index (κ2) is 10.8. The van der Waals surface area contributed by atoms with Crippen molar-refractivity contribution >= 4 is 17.8 Å².